The fourth-order valence-corrected chi connectivity index (χ4v) is 4.47. The molecule has 4 aromatic rings. The van der Waals surface area contributed by atoms with Crippen molar-refractivity contribution in [1.29, 1.82) is 0 Å². The van der Waals surface area contributed by atoms with E-state index in [0.29, 0.717) is 30.9 Å². The first kappa shape index (κ1) is 21.2. The Kier molecular flexibility index (Phi) is 5.86. The number of para-hydroxylation sites is 1. The molecule has 1 amide bonds. The first-order chi connectivity index (χ1) is 16.2. The van der Waals surface area contributed by atoms with Crippen molar-refractivity contribution in [3.8, 4) is 16.9 Å². The van der Waals surface area contributed by atoms with Crippen molar-refractivity contribution in [2.45, 2.75) is 25.4 Å². The maximum atomic E-state index is 13.3. The molecule has 6 nitrogen and oxygen atoms in total. The molecule has 5 N–H and O–H groups in total. The highest BCUT2D eigenvalue weighted by atomic mass is 16.5. The van der Waals surface area contributed by atoms with Crippen molar-refractivity contribution < 1.29 is 14.6 Å². The zero-order valence-electron chi connectivity index (χ0n) is 18.3. The molecule has 1 atom stereocenters. The number of benzene rings is 3. The van der Waals surface area contributed by atoms with E-state index in [0.717, 1.165) is 45.1 Å². The maximum Gasteiger partial charge on any atom is 0.255 e. The molecule has 6 heteroatoms. The van der Waals surface area contributed by atoms with E-state index in [-0.39, 0.29) is 12.5 Å². The number of carbonyl (C=O) groups is 1. The summed E-state index contributed by atoms with van der Waals surface area (Å²) in [6, 6.07) is 19.6. The average Bonchev–Trinajstić information content (AvgIpc) is 3.50. The molecular formula is C27H27N3O3. The van der Waals surface area contributed by atoms with Crippen molar-refractivity contribution in [2.24, 2.45) is 5.73 Å². The minimum absolute atomic E-state index is 0.158. The van der Waals surface area contributed by atoms with Gasteiger partial charge in [0.25, 0.3) is 5.91 Å². The van der Waals surface area contributed by atoms with E-state index >= 15 is 0 Å². The molecule has 0 radical (unpaired) electrons. The Morgan fingerprint density at radius 3 is 2.73 bits per heavy atom. The molecule has 0 spiro atoms. The van der Waals surface area contributed by atoms with Gasteiger partial charge in [0.05, 0.1) is 24.8 Å². The van der Waals surface area contributed by atoms with Gasteiger partial charge in [-0.25, -0.2) is 0 Å². The molecule has 2 heterocycles. The van der Waals surface area contributed by atoms with Crippen LogP contribution >= 0.6 is 0 Å². The van der Waals surface area contributed by atoms with Gasteiger partial charge in [-0.1, -0.05) is 42.5 Å². The van der Waals surface area contributed by atoms with Gasteiger partial charge in [0.15, 0.2) is 0 Å². The largest absolute Gasteiger partial charge is 0.492 e. The molecule has 1 aromatic heterocycles. The summed E-state index contributed by atoms with van der Waals surface area (Å²) in [6.07, 6.45) is 3.23. The van der Waals surface area contributed by atoms with E-state index in [2.05, 4.69) is 16.4 Å². The van der Waals surface area contributed by atoms with Gasteiger partial charge in [-0.05, 0) is 52.4 Å². The predicted molar refractivity (Wildman–Crippen MR) is 129 cm³/mol. The number of rotatable bonds is 7. The Labute approximate surface area is 192 Å². The highest BCUT2D eigenvalue weighted by Crippen LogP contribution is 2.35. The van der Waals surface area contributed by atoms with Crippen LogP contribution < -0.4 is 15.8 Å². The van der Waals surface area contributed by atoms with E-state index in [1.54, 1.807) is 0 Å². The number of nitrogens with one attached hydrogen (secondary N) is 2. The molecule has 0 fully saturated rings. The minimum Gasteiger partial charge on any atom is -0.492 e. The lowest BCUT2D eigenvalue weighted by Crippen LogP contribution is -2.39. The molecule has 1 aliphatic rings. The number of aliphatic hydroxyl groups excluding tert-OH is 1. The van der Waals surface area contributed by atoms with Crippen molar-refractivity contribution in [2.75, 3.05) is 13.2 Å². The molecule has 3 aromatic carbocycles. The predicted octanol–water partition coefficient (Wildman–Crippen LogP) is 3.56. The van der Waals surface area contributed by atoms with Crippen LogP contribution in [0, 0.1) is 0 Å². The standard InChI is InChI=1S/C27H27N3O3/c28-14-17-5-7-18(8-6-17)20-11-19-9-10-33-26(19)24(13-20)27(32)30-22(16-31)12-21-15-29-25-4-2-1-3-23(21)25/h1-8,11,13,15,22,29,31H,9-10,12,14,16,28H2,(H,30,32)/t22-/m1/s1. The zero-order chi connectivity index (χ0) is 22.8. The lowest BCUT2D eigenvalue weighted by Gasteiger charge is -2.18. The van der Waals surface area contributed by atoms with E-state index in [9.17, 15) is 9.90 Å². The second-order valence-electron chi connectivity index (χ2n) is 8.43. The summed E-state index contributed by atoms with van der Waals surface area (Å²) in [5.41, 5.74) is 12.4. The molecule has 0 unspecified atom stereocenters. The lowest BCUT2D eigenvalue weighted by molar-refractivity contribution is 0.0913. The van der Waals surface area contributed by atoms with Crippen LogP contribution in [0.2, 0.25) is 0 Å². The molecule has 0 aliphatic carbocycles. The van der Waals surface area contributed by atoms with Crippen molar-refractivity contribution in [3.05, 3.63) is 89.1 Å². The molecule has 168 valence electrons. The van der Waals surface area contributed by atoms with Gasteiger partial charge in [0.1, 0.15) is 5.75 Å². The summed E-state index contributed by atoms with van der Waals surface area (Å²) < 4.78 is 5.81. The Bertz CT molecular complexity index is 1290. The van der Waals surface area contributed by atoms with Crippen LogP contribution in [0.1, 0.15) is 27.0 Å². The van der Waals surface area contributed by atoms with Gasteiger partial charge in [0.2, 0.25) is 0 Å². The summed E-state index contributed by atoms with van der Waals surface area (Å²) in [7, 11) is 0. The minimum atomic E-state index is -0.416. The molecule has 0 saturated heterocycles. The smallest absolute Gasteiger partial charge is 0.255 e. The number of aliphatic hydroxyl groups is 1. The van der Waals surface area contributed by atoms with Crippen molar-refractivity contribution in [3.63, 3.8) is 0 Å². The second-order valence-corrected chi connectivity index (χ2v) is 8.43. The first-order valence-electron chi connectivity index (χ1n) is 11.2. The Morgan fingerprint density at radius 2 is 1.94 bits per heavy atom. The van der Waals surface area contributed by atoms with Crippen LogP contribution in [-0.4, -0.2) is 35.3 Å². The van der Waals surface area contributed by atoms with Crippen LogP contribution in [0.4, 0.5) is 0 Å². The number of hydrogen-bond donors (Lipinski definition) is 4. The lowest BCUT2D eigenvalue weighted by atomic mass is 9.96. The molecule has 33 heavy (non-hydrogen) atoms. The van der Waals surface area contributed by atoms with Gasteiger partial charge in [0, 0.05) is 30.1 Å². The molecule has 1 aliphatic heterocycles. The molecule has 0 bridgehead atoms. The van der Waals surface area contributed by atoms with Crippen LogP contribution in [-0.2, 0) is 19.4 Å². The number of aromatic nitrogens is 1. The van der Waals surface area contributed by atoms with Crippen LogP contribution in [0.5, 0.6) is 5.75 Å². The summed E-state index contributed by atoms with van der Waals surface area (Å²) >= 11 is 0. The van der Waals surface area contributed by atoms with Crippen molar-refractivity contribution in [1.82, 2.24) is 10.3 Å². The van der Waals surface area contributed by atoms with Gasteiger partial charge in [-0.2, -0.15) is 0 Å². The SMILES string of the molecule is NCc1ccc(-c2cc3c(c(C(=O)N[C@@H](CO)Cc4c[nH]c5ccccc45)c2)OCC3)cc1. The van der Waals surface area contributed by atoms with E-state index < -0.39 is 6.04 Å². The molecule has 5 rings (SSSR count). The number of H-pyrrole nitrogens is 1. The Balaban J connectivity index is 1.41. The van der Waals surface area contributed by atoms with Crippen molar-refractivity contribution >= 4 is 16.8 Å². The monoisotopic (exact) mass is 441 g/mol. The normalized spacial score (nSPS) is 13.5. The topological polar surface area (TPSA) is 100 Å². The molecular weight excluding hydrogens is 414 g/mol. The van der Waals surface area contributed by atoms with Crippen LogP contribution in [0.3, 0.4) is 0 Å². The summed E-state index contributed by atoms with van der Waals surface area (Å²) in [5.74, 6) is 0.395. The third kappa shape index (κ3) is 4.23. The number of fused-ring (bicyclic) bond motifs is 2. The van der Waals surface area contributed by atoms with Gasteiger partial charge >= 0.3 is 0 Å². The Morgan fingerprint density at radius 1 is 1.12 bits per heavy atom. The quantitative estimate of drug-likeness (QED) is 0.352. The first-order valence-corrected chi connectivity index (χ1v) is 11.2. The number of carbonyl (C=O) groups excluding carboxylic acids is 1. The third-order valence-corrected chi connectivity index (χ3v) is 6.25. The van der Waals surface area contributed by atoms with Gasteiger partial charge in [-0.3, -0.25) is 4.79 Å². The number of ether oxygens (including phenoxy) is 1. The van der Waals surface area contributed by atoms with E-state index in [4.69, 9.17) is 10.5 Å². The summed E-state index contributed by atoms with van der Waals surface area (Å²) in [4.78, 5) is 16.6. The summed E-state index contributed by atoms with van der Waals surface area (Å²) in [6.45, 7) is 0.892. The molecule has 0 saturated carbocycles. The number of nitrogens with two attached hydrogens (primary N) is 1. The number of aromatic amines is 1. The van der Waals surface area contributed by atoms with Crippen LogP contribution in [0.15, 0.2) is 66.9 Å². The fourth-order valence-electron chi connectivity index (χ4n) is 4.47. The zero-order valence-corrected chi connectivity index (χ0v) is 18.3. The average molecular weight is 442 g/mol. The maximum absolute atomic E-state index is 13.3. The highest BCUT2D eigenvalue weighted by molar-refractivity contribution is 5.99. The van der Waals surface area contributed by atoms with Gasteiger partial charge < -0.3 is 25.9 Å². The third-order valence-electron chi connectivity index (χ3n) is 6.25. The highest BCUT2D eigenvalue weighted by Gasteiger charge is 2.24. The number of hydrogen-bond acceptors (Lipinski definition) is 4. The van der Waals surface area contributed by atoms with E-state index in [1.165, 1.54) is 0 Å². The Hall–Kier alpha value is -3.61. The number of amides is 1. The van der Waals surface area contributed by atoms with Gasteiger partial charge in [-0.15, -0.1) is 0 Å². The van der Waals surface area contributed by atoms with E-state index in [1.807, 2.05) is 60.8 Å². The second kappa shape index (κ2) is 9.10. The van der Waals surface area contributed by atoms with Crippen LogP contribution in [0.25, 0.3) is 22.0 Å². The summed E-state index contributed by atoms with van der Waals surface area (Å²) in [5, 5.41) is 14.1. The fraction of sp³-hybridized carbons (Fsp3) is 0.222.